The summed E-state index contributed by atoms with van der Waals surface area (Å²) in [6.07, 6.45) is 0. The highest BCUT2D eigenvalue weighted by molar-refractivity contribution is 14.0. The zero-order valence-corrected chi connectivity index (χ0v) is 18.2. The van der Waals surface area contributed by atoms with Crippen molar-refractivity contribution < 1.29 is 0 Å². The fraction of sp³-hybridized carbons (Fsp3) is 0.632. The van der Waals surface area contributed by atoms with Crippen molar-refractivity contribution in [3.05, 3.63) is 35.4 Å². The summed E-state index contributed by atoms with van der Waals surface area (Å²) in [5, 5.41) is 3.18. The van der Waals surface area contributed by atoms with Gasteiger partial charge in [0.25, 0.3) is 0 Å². The Bertz CT molecular complexity index is 524. The first-order valence-corrected chi connectivity index (χ1v) is 9.13. The largest absolute Gasteiger partial charge is 0.370 e. The first kappa shape index (κ1) is 22.2. The zero-order chi connectivity index (χ0) is 17.4. The Labute approximate surface area is 170 Å². The maximum Gasteiger partial charge on any atom is 0.188 e. The molecular weight excluding hydrogens is 425 g/mol. The van der Waals surface area contributed by atoms with Crippen LogP contribution in [0.5, 0.6) is 0 Å². The molecule has 142 valence electrons. The Kier molecular flexibility index (Phi) is 10.4. The van der Waals surface area contributed by atoms with Crippen LogP contribution >= 0.6 is 24.0 Å². The predicted molar refractivity (Wildman–Crippen MR) is 117 cm³/mol. The number of aliphatic imine (C=N–C) groups is 1. The van der Waals surface area contributed by atoms with Crippen LogP contribution in [0.15, 0.2) is 29.3 Å². The predicted octanol–water partition coefficient (Wildman–Crippen LogP) is 2.50. The number of hydrogen-bond donors (Lipinski definition) is 2. The lowest BCUT2D eigenvalue weighted by molar-refractivity contribution is 0.131. The van der Waals surface area contributed by atoms with Crippen LogP contribution in [0.2, 0.25) is 0 Å². The molecule has 1 saturated heterocycles. The van der Waals surface area contributed by atoms with Gasteiger partial charge in [-0.05, 0) is 23.6 Å². The second kappa shape index (κ2) is 11.7. The second-order valence-electron chi connectivity index (χ2n) is 6.96. The molecule has 1 aliphatic heterocycles. The molecule has 0 bridgehead atoms. The molecule has 0 aliphatic carbocycles. The van der Waals surface area contributed by atoms with Crippen molar-refractivity contribution in [2.45, 2.75) is 33.9 Å². The summed E-state index contributed by atoms with van der Waals surface area (Å²) in [4.78, 5) is 9.55. The third kappa shape index (κ3) is 7.92. The van der Waals surface area contributed by atoms with Gasteiger partial charge in [-0.2, -0.15) is 0 Å². The van der Waals surface area contributed by atoms with E-state index in [2.05, 4.69) is 65.1 Å². The molecule has 0 spiro atoms. The lowest BCUT2D eigenvalue weighted by atomic mass is 10.1. The van der Waals surface area contributed by atoms with Crippen LogP contribution in [0, 0.1) is 5.92 Å². The minimum absolute atomic E-state index is 0. The van der Waals surface area contributed by atoms with Gasteiger partial charge in [0, 0.05) is 39.3 Å². The van der Waals surface area contributed by atoms with Gasteiger partial charge in [0.05, 0.1) is 6.54 Å². The highest BCUT2D eigenvalue weighted by Gasteiger charge is 2.16. The number of guanidine groups is 1. The summed E-state index contributed by atoms with van der Waals surface area (Å²) in [5.41, 5.74) is 8.59. The standard InChI is InChI=1S/C19H33N5.HI/c1-4-23-9-11-24(12-10-23)15-18-8-6-5-7-17(18)14-22-19(20)21-13-16(2)3;/h5-8,16H,4,9-15H2,1-3H3,(H3,20,21,22);1H. The van der Waals surface area contributed by atoms with Crippen molar-refractivity contribution in [2.24, 2.45) is 16.6 Å². The summed E-state index contributed by atoms with van der Waals surface area (Å²) in [6, 6.07) is 8.58. The molecule has 3 N–H and O–H groups in total. The van der Waals surface area contributed by atoms with E-state index in [1.54, 1.807) is 0 Å². The number of likely N-dealkylation sites (N-methyl/N-ethyl adjacent to an activating group) is 1. The minimum atomic E-state index is 0. The number of piperazine rings is 1. The number of rotatable bonds is 7. The molecule has 0 aromatic heterocycles. The van der Waals surface area contributed by atoms with E-state index in [0.717, 1.165) is 32.7 Å². The van der Waals surface area contributed by atoms with E-state index in [4.69, 9.17) is 5.73 Å². The van der Waals surface area contributed by atoms with Crippen LogP contribution in [0.3, 0.4) is 0 Å². The molecule has 6 heteroatoms. The lowest BCUT2D eigenvalue weighted by Gasteiger charge is -2.34. The van der Waals surface area contributed by atoms with Crippen LogP contribution in [0.25, 0.3) is 0 Å². The molecule has 1 heterocycles. The van der Waals surface area contributed by atoms with E-state index < -0.39 is 0 Å². The average Bonchev–Trinajstić information content (AvgIpc) is 2.60. The number of nitrogens with one attached hydrogen (secondary N) is 1. The number of hydrogen-bond acceptors (Lipinski definition) is 3. The van der Waals surface area contributed by atoms with Gasteiger partial charge in [0.15, 0.2) is 5.96 Å². The third-order valence-corrected chi connectivity index (χ3v) is 4.54. The van der Waals surface area contributed by atoms with Crippen molar-refractivity contribution in [2.75, 3.05) is 39.3 Å². The van der Waals surface area contributed by atoms with Gasteiger partial charge in [-0.15, -0.1) is 24.0 Å². The second-order valence-corrected chi connectivity index (χ2v) is 6.96. The molecule has 1 aliphatic rings. The van der Waals surface area contributed by atoms with E-state index in [9.17, 15) is 0 Å². The Balaban J connectivity index is 0.00000312. The summed E-state index contributed by atoms with van der Waals surface area (Å²) in [7, 11) is 0. The minimum Gasteiger partial charge on any atom is -0.370 e. The van der Waals surface area contributed by atoms with Crippen LogP contribution in [-0.4, -0.2) is 55.0 Å². The summed E-state index contributed by atoms with van der Waals surface area (Å²) < 4.78 is 0. The van der Waals surface area contributed by atoms with Crippen molar-refractivity contribution in [1.29, 1.82) is 0 Å². The van der Waals surface area contributed by atoms with Crippen LogP contribution in [0.4, 0.5) is 0 Å². The third-order valence-electron chi connectivity index (χ3n) is 4.54. The van der Waals surface area contributed by atoms with Gasteiger partial charge in [-0.25, -0.2) is 4.99 Å². The number of halogens is 1. The van der Waals surface area contributed by atoms with Crippen molar-refractivity contribution in [1.82, 2.24) is 15.1 Å². The Hall–Kier alpha value is -0.860. The van der Waals surface area contributed by atoms with E-state index in [1.807, 2.05) is 0 Å². The average molecular weight is 459 g/mol. The number of nitrogens with zero attached hydrogens (tertiary/aromatic N) is 3. The van der Waals surface area contributed by atoms with Crippen molar-refractivity contribution in [3.63, 3.8) is 0 Å². The molecule has 0 unspecified atom stereocenters. The van der Waals surface area contributed by atoms with Crippen LogP contribution < -0.4 is 11.1 Å². The Morgan fingerprint density at radius 2 is 1.72 bits per heavy atom. The molecule has 1 fully saturated rings. The topological polar surface area (TPSA) is 56.9 Å². The quantitative estimate of drug-likeness (QED) is 0.374. The highest BCUT2D eigenvalue weighted by atomic mass is 127. The van der Waals surface area contributed by atoms with E-state index >= 15 is 0 Å². The molecule has 5 nitrogen and oxygen atoms in total. The molecule has 0 saturated carbocycles. The number of nitrogens with two attached hydrogens (primary N) is 1. The van der Waals surface area contributed by atoms with Gasteiger partial charge in [-0.1, -0.05) is 45.0 Å². The van der Waals surface area contributed by atoms with E-state index in [1.165, 1.54) is 24.2 Å². The Morgan fingerprint density at radius 1 is 1.12 bits per heavy atom. The van der Waals surface area contributed by atoms with Crippen molar-refractivity contribution >= 4 is 29.9 Å². The molecule has 1 aromatic carbocycles. The fourth-order valence-corrected chi connectivity index (χ4v) is 2.91. The first-order valence-electron chi connectivity index (χ1n) is 9.13. The van der Waals surface area contributed by atoms with Crippen LogP contribution in [0.1, 0.15) is 31.9 Å². The maximum absolute atomic E-state index is 5.96. The normalized spacial score (nSPS) is 16.7. The summed E-state index contributed by atoms with van der Waals surface area (Å²) in [5.74, 6) is 1.10. The molecule has 2 rings (SSSR count). The highest BCUT2D eigenvalue weighted by Crippen LogP contribution is 2.14. The van der Waals surface area contributed by atoms with Gasteiger partial charge < -0.3 is 16.0 Å². The van der Waals surface area contributed by atoms with Crippen molar-refractivity contribution in [3.8, 4) is 0 Å². The number of benzene rings is 1. The molecule has 0 amide bonds. The maximum atomic E-state index is 5.96. The molecule has 0 atom stereocenters. The molecule has 0 radical (unpaired) electrons. The zero-order valence-electron chi connectivity index (χ0n) is 15.9. The van der Waals surface area contributed by atoms with Gasteiger partial charge in [-0.3, -0.25) is 4.90 Å². The van der Waals surface area contributed by atoms with Gasteiger partial charge in [0.1, 0.15) is 0 Å². The van der Waals surface area contributed by atoms with Gasteiger partial charge in [0.2, 0.25) is 0 Å². The monoisotopic (exact) mass is 459 g/mol. The lowest BCUT2D eigenvalue weighted by Crippen LogP contribution is -2.45. The first-order chi connectivity index (χ1) is 11.6. The fourth-order valence-electron chi connectivity index (χ4n) is 2.91. The molecule has 1 aromatic rings. The Morgan fingerprint density at radius 3 is 2.32 bits per heavy atom. The van der Waals surface area contributed by atoms with E-state index in [0.29, 0.717) is 18.4 Å². The van der Waals surface area contributed by atoms with Gasteiger partial charge >= 0.3 is 0 Å². The summed E-state index contributed by atoms with van der Waals surface area (Å²) in [6.45, 7) is 14.8. The van der Waals surface area contributed by atoms with Crippen LogP contribution in [-0.2, 0) is 13.1 Å². The summed E-state index contributed by atoms with van der Waals surface area (Å²) >= 11 is 0. The smallest absolute Gasteiger partial charge is 0.188 e. The molecular formula is C19H34IN5. The van der Waals surface area contributed by atoms with E-state index in [-0.39, 0.29) is 24.0 Å². The molecule has 25 heavy (non-hydrogen) atoms. The SMILES string of the molecule is CCN1CCN(Cc2ccccc2CN=C(N)NCC(C)C)CC1.I.